The number of fused-ring (bicyclic) bond motifs is 3. The molecule has 7 heteroatoms. The van der Waals surface area contributed by atoms with E-state index in [2.05, 4.69) is 34.9 Å². The highest BCUT2D eigenvalue weighted by Gasteiger charge is 2.32. The van der Waals surface area contributed by atoms with Gasteiger partial charge in [0.25, 0.3) is 5.91 Å². The molecule has 0 bridgehead atoms. The Morgan fingerprint density at radius 2 is 1.46 bits per heavy atom. The van der Waals surface area contributed by atoms with Gasteiger partial charge in [0, 0.05) is 29.6 Å². The lowest BCUT2D eigenvalue weighted by Crippen LogP contribution is -2.44. The molecule has 0 aromatic heterocycles. The average Bonchev–Trinajstić information content (AvgIpc) is 3.15. The standard InChI is InChI=1S/C28H26N2O5/c31-26(32)15-17-13-20(14-17)29-27(33)18-9-11-19(12-10-18)30-28(34)35-16-25-23-7-3-1-5-21(23)22-6-2-4-8-24(22)25/h1-12,17,20,25H,13-16H2,(H,29,33)(H,30,34)(H,31,32). The van der Waals surface area contributed by atoms with Gasteiger partial charge < -0.3 is 15.2 Å². The van der Waals surface area contributed by atoms with E-state index in [9.17, 15) is 14.4 Å². The third-order valence-corrected chi connectivity index (χ3v) is 6.77. The zero-order valence-electron chi connectivity index (χ0n) is 19.1. The SMILES string of the molecule is O=C(O)CC1CC(NC(=O)c2ccc(NC(=O)OCC3c4ccccc4-c4ccccc43)cc2)C1. The average molecular weight is 471 g/mol. The monoisotopic (exact) mass is 470 g/mol. The summed E-state index contributed by atoms with van der Waals surface area (Å²) >= 11 is 0. The quantitative estimate of drug-likeness (QED) is 0.449. The number of hydrogen-bond donors (Lipinski definition) is 3. The zero-order valence-corrected chi connectivity index (χ0v) is 19.1. The second-order valence-electron chi connectivity index (χ2n) is 9.13. The fourth-order valence-electron chi connectivity index (χ4n) is 4.99. The lowest BCUT2D eigenvalue weighted by atomic mass is 9.78. The van der Waals surface area contributed by atoms with E-state index in [0.717, 1.165) is 11.1 Å². The summed E-state index contributed by atoms with van der Waals surface area (Å²) in [6.45, 7) is 0.227. The number of benzene rings is 3. The van der Waals surface area contributed by atoms with Crippen LogP contribution in [0.5, 0.6) is 0 Å². The van der Waals surface area contributed by atoms with Crippen LogP contribution in [-0.2, 0) is 9.53 Å². The van der Waals surface area contributed by atoms with Crippen LogP contribution in [-0.4, -0.2) is 35.7 Å². The van der Waals surface area contributed by atoms with Gasteiger partial charge in [-0.1, -0.05) is 48.5 Å². The first-order valence-corrected chi connectivity index (χ1v) is 11.7. The van der Waals surface area contributed by atoms with Gasteiger partial charge >= 0.3 is 12.1 Å². The molecule has 35 heavy (non-hydrogen) atoms. The molecule has 5 rings (SSSR count). The Hall–Kier alpha value is -4.13. The third kappa shape index (κ3) is 4.89. The summed E-state index contributed by atoms with van der Waals surface area (Å²) in [4.78, 5) is 35.6. The molecular formula is C28H26N2O5. The summed E-state index contributed by atoms with van der Waals surface area (Å²) in [5.74, 6) is -0.905. The number of aliphatic carboxylic acids is 1. The Kier molecular flexibility index (Phi) is 6.23. The fraction of sp³-hybridized carbons (Fsp3) is 0.250. The van der Waals surface area contributed by atoms with Crippen LogP contribution in [0, 0.1) is 5.92 Å². The van der Waals surface area contributed by atoms with Crippen molar-refractivity contribution in [1.29, 1.82) is 0 Å². The normalized spacial score (nSPS) is 18.1. The number of hydrogen-bond acceptors (Lipinski definition) is 4. The van der Waals surface area contributed by atoms with Crippen molar-refractivity contribution in [2.45, 2.75) is 31.2 Å². The largest absolute Gasteiger partial charge is 0.481 e. The van der Waals surface area contributed by atoms with Gasteiger partial charge in [-0.25, -0.2) is 4.79 Å². The van der Waals surface area contributed by atoms with Crippen LogP contribution in [0.4, 0.5) is 10.5 Å². The molecule has 0 heterocycles. The van der Waals surface area contributed by atoms with Gasteiger partial charge in [0.15, 0.2) is 0 Å². The van der Waals surface area contributed by atoms with Crippen molar-refractivity contribution in [1.82, 2.24) is 5.32 Å². The molecule has 0 atom stereocenters. The fourth-order valence-corrected chi connectivity index (χ4v) is 4.99. The summed E-state index contributed by atoms with van der Waals surface area (Å²) in [6, 6.07) is 22.9. The van der Waals surface area contributed by atoms with Crippen LogP contribution in [0.25, 0.3) is 11.1 Å². The van der Waals surface area contributed by atoms with Gasteiger partial charge in [-0.15, -0.1) is 0 Å². The first kappa shape index (κ1) is 22.7. The maximum absolute atomic E-state index is 12.5. The highest BCUT2D eigenvalue weighted by atomic mass is 16.5. The molecule has 1 saturated carbocycles. The van der Waals surface area contributed by atoms with Gasteiger partial charge in [0.05, 0.1) is 0 Å². The van der Waals surface area contributed by atoms with Crippen molar-refractivity contribution in [3.63, 3.8) is 0 Å². The Morgan fingerprint density at radius 3 is 2.06 bits per heavy atom. The molecule has 0 saturated heterocycles. The zero-order chi connectivity index (χ0) is 24.4. The molecule has 3 aromatic rings. The summed E-state index contributed by atoms with van der Waals surface area (Å²) < 4.78 is 5.56. The van der Waals surface area contributed by atoms with Crippen LogP contribution in [0.3, 0.4) is 0 Å². The molecule has 3 N–H and O–H groups in total. The Labute approximate surface area is 203 Å². The van der Waals surface area contributed by atoms with Crippen molar-refractivity contribution >= 4 is 23.7 Å². The number of carboxylic acid groups (broad SMARTS) is 1. The molecule has 178 valence electrons. The third-order valence-electron chi connectivity index (χ3n) is 6.77. The minimum absolute atomic E-state index is 0.00507. The van der Waals surface area contributed by atoms with E-state index >= 15 is 0 Å². The van der Waals surface area contributed by atoms with Gasteiger partial charge in [-0.2, -0.15) is 0 Å². The van der Waals surface area contributed by atoms with Crippen LogP contribution in [0.2, 0.25) is 0 Å². The van der Waals surface area contributed by atoms with Crippen LogP contribution in [0.15, 0.2) is 72.8 Å². The molecule has 0 unspecified atom stereocenters. The summed E-state index contributed by atoms with van der Waals surface area (Å²) in [5, 5.41) is 14.5. The predicted octanol–water partition coefficient (Wildman–Crippen LogP) is 5.03. The lowest BCUT2D eigenvalue weighted by Gasteiger charge is -2.34. The van der Waals surface area contributed by atoms with E-state index in [0.29, 0.717) is 24.1 Å². The van der Waals surface area contributed by atoms with Crippen molar-refractivity contribution < 1.29 is 24.2 Å². The number of carbonyl (C=O) groups is 3. The van der Waals surface area contributed by atoms with Crippen molar-refractivity contribution in [3.05, 3.63) is 89.5 Å². The molecule has 3 aromatic carbocycles. The highest BCUT2D eigenvalue weighted by Crippen LogP contribution is 2.44. The number of ether oxygens (including phenoxy) is 1. The smallest absolute Gasteiger partial charge is 0.411 e. The van der Waals surface area contributed by atoms with Crippen molar-refractivity contribution in [3.8, 4) is 11.1 Å². The summed E-state index contributed by atoms with van der Waals surface area (Å²) in [7, 11) is 0. The summed E-state index contributed by atoms with van der Waals surface area (Å²) in [5.41, 5.74) is 5.65. The Bertz CT molecular complexity index is 1220. The molecule has 2 aliphatic carbocycles. The van der Waals surface area contributed by atoms with E-state index in [1.807, 2.05) is 24.3 Å². The number of carbonyl (C=O) groups excluding carboxylic acids is 2. The second kappa shape index (κ2) is 9.62. The van der Waals surface area contributed by atoms with Crippen LogP contribution >= 0.6 is 0 Å². The molecule has 2 amide bonds. The van der Waals surface area contributed by atoms with E-state index in [-0.39, 0.29) is 36.8 Å². The number of amides is 2. The van der Waals surface area contributed by atoms with Crippen LogP contribution in [0.1, 0.15) is 46.7 Å². The van der Waals surface area contributed by atoms with E-state index in [1.165, 1.54) is 11.1 Å². The molecule has 0 spiro atoms. The van der Waals surface area contributed by atoms with Gasteiger partial charge in [0.2, 0.25) is 0 Å². The second-order valence-corrected chi connectivity index (χ2v) is 9.13. The Morgan fingerprint density at radius 1 is 0.857 bits per heavy atom. The molecule has 0 radical (unpaired) electrons. The number of carboxylic acids is 1. The minimum atomic E-state index is -0.806. The topological polar surface area (TPSA) is 105 Å². The molecule has 0 aliphatic heterocycles. The minimum Gasteiger partial charge on any atom is -0.481 e. The first-order valence-electron chi connectivity index (χ1n) is 11.7. The maximum atomic E-state index is 12.5. The van der Waals surface area contributed by atoms with E-state index in [4.69, 9.17) is 9.84 Å². The lowest BCUT2D eigenvalue weighted by molar-refractivity contribution is -0.138. The Balaban J connectivity index is 1.13. The highest BCUT2D eigenvalue weighted by molar-refractivity contribution is 5.95. The molecule has 7 nitrogen and oxygen atoms in total. The van der Waals surface area contributed by atoms with Gasteiger partial charge in [-0.05, 0) is 65.3 Å². The van der Waals surface area contributed by atoms with Crippen molar-refractivity contribution in [2.24, 2.45) is 5.92 Å². The summed E-state index contributed by atoms with van der Waals surface area (Å²) in [6.07, 6.45) is 0.949. The van der Waals surface area contributed by atoms with E-state index < -0.39 is 12.1 Å². The maximum Gasteiger partial charge on any atom is 0.411 e. The number of anilines is 1. The predicted molar refractivity (Wildman–Crippen MR) is 131 cm³/mol. The van der Waals surface area contributed by atoms with Gasteiger partial charge in [-0.3, -0.25) is 14.9 Å². The molecule has 1 fully saturated rings. The first-order chi connectivity index (χ1) is 17.0. The van der Waals surface area contributed by atoms with E-state index in [1.54, 1.807) is 24.3 Å². The van der Waals surface area contributed by atoms with Crippen molar-refractivity contribution in [2.75, 3.05) is 11.9 Å². The number of rotatable bonds is 7. The molecular weight excluding hydrogens is 444 g/mol. The van der Waals surface area contributed by atoms with Gasteiger partial charge in [0.1, 0.15) is 6.61 Å². The van der Waals surface area contributed by atoms with Crippen LogP contribution < -0.4 is 10.6 Å². The molecule has 2 aliphatic rings. The number of nitrogens with one attached hydrogen (secondary N) is 2.